The predicted octanol–water partition coefficient (Wildman–Crippen LogP) is 3.89. The second-order valence-electron chi connectivity index (χ2n) is 7.38. The zero-order valence-corrected chi connectivity index (χ0v) is 17.3. The summed E-state index contributed by atoms with van der Waals surface area (Å²) in [5, 5.41) is 0. The van der Waals surface area contributed by atoms with E-state index in [9.17, 15) is 9.59 Å². The Morgan fingerprint density at radius 1 is 0.724 bits per heavy atom. The van der Waals surface area contributed by atoms with Crippen LogP contribution in [0.4, 0.5) is 0 Å². The van der Waals surface area contributed by atoms with Crippen LogP contribution in [0.1, 0.15) is 38.8 Å². The molecule has 0 saturated carbocycles. The summed E-state index contributed by atoms with van der Waals surface area (Å²) in [5.74, 6) is 1.45. The molecule has 0 aromatic heterocycles. The molecular formula is C23H28O6. The fourth-order valence-electron chi connectivity index (χ4n) is 2.80. The fraction of sp³-hybridized carbons (Fsp3) is 0.391. The van der Waals surface area contributed by atoms with Gasteiger partial charge in [0.05, 0.1) is 0 Å². The highest BCUT2D eigenvalue weighted by atomic mass is 16.6. The summed E-state index contributed by atoms with van der Waals surface area (Å²) in [6.45, 7) is 9.31. The van der Waals surface area contributed by atoms with Crippen LogP contribution in [-0.2, 0) is 24.5 Å². The van der Waals surface area contributed by atoms with E-state index in [1.165, 1.54) is 0 Å². The van der Waals surface area contributed by atoms with E-state index in [1.54, 1.807) is 13.8 Å². The molecule has 6 nitrogen and oxygen atoms in total. The summed E-state index contributed by atoms with van der Waals surface area (Å²) in [4.78, 5) is 20.7. The van der Waals surface area contributed by atoms with Crippen LogP contribution in [0.2, 0.25) is 0 Å². The van der Waals surface area contributed by atoms with E-state index >= 15 is 0 Å². The summed E-state index contributed by atoms with van der Waals surface area (Å²) in [7, 11) is 0. The van der Waals surface area contributed by atoms with Crippen molar-refractivity contribution in [3.8, 4) is 11.5 Å². The molecule has 29 heavy (non-hydrogen) atoms. The van der Waals surface area contributed by atoms with Crippen LogP contribution in [0.15, 0.2) is 48.5 Å². The van der Waals surface area contributed by atoms with Crippen molar-refractivity contribution in [1.82, 2.24) is 0 Å². The molecule has 0 aliphatic rings. The molecular weight excluding hydrogens is 372 g/mol. The van der Waals surface area contributed by atoms with E-state index in [0.29, 0.717) is 26.2 Å². The van der Waals surface area contributed by atoms with Gasteiger partial charge in [-0.05, 0) is 49.2 Å². The number of hydrogen-bond acceptors (Lipinski definition) is 6. The van der Waals surface area contributed by atoms with Gasteiger partial charge in [0.15, 0.2) is 0 Å². The van der Waals surface area contributed by atoms with Crippen LogP contribution in [0.3, 0.4) is 0 Å². The number of carbonyl (C=O) groups excluding carboxylic acids is 2. The molecule has 2 aromatic rings. The minimum Gasteiger partial charge on any atom is -0.490 e. The van der Waals surface area contributed by atoms with Gasteiger partial charge in [-0.15, -0.1) is 0 Å². The summed E-state index contributed by atoms with van der Waals surface area (Å²) in [6, 6.07) is 15.8. The number of carbonyl (C=O) groups is 2. The van der Waals surface area contributed by atoms with E-state index in [4.69, 9.17) is 18.9 Å². The van der Waals surface area contributed by atoms with Crippen molar-refractivity contribution < 1.29 is 28.5 Å². The molecule has 0 fully saturated rings. The van der Waals surface area contributed by atoms with Gasteiger partial charge in [0.2, 0.25) is 0 Å². The standard InChI is InChI=1S/C23H28O6/c1-17(28-15-24)13-26-21-9-5-19(6-10-21)23(3,4)20-7-11-22(12-8-20)27-14-18(2)29-16-25/h5-12,15-18H,13-14H2,1-4H3. The molecule has 2 atom stereocenters. The molecule has 2 aromatic carbocycles. The Balaban J connectivity index is 2.00. The molecule has 156 valence electrons. The molecule has 0 amide bonds. The highest BCUT2D eigenvalue weighted by Crippen LogP contribution is 2.33. The molecule has 0 N–H and O–H groups in total. The minimum absolute atomic E-state index is 0.209. The lowest BCUT2D eigenvalue weighted by molar-refractivity contribution is -0.134. The van der Waals surface area contributed by atoms with E-state index in [2.05, 4.69) is 13.8 Å². The third-order valence-corrected chi connectivity index (χ3v) is 4.70. The van der Waals surface area contributed by atoms with E-state index in [0.717, 1.165) is 22.6 Å². The van der Waals surface area contributed by atoms with Crippen molar-refractivity contribution >= 4 is 12.9 Å². The highest BCUT2D eigenvalue weighted by Gasteiger charge is 2.23. The minimum atomic E-state index is -0.294. The Bertz CT molecular complexity index is 701. The van der Waals surface area contributed by atoms with Crippen molar-refractivity contribution in [2.24, 2.45) is 0 Å². The van der Waals surface area contributed by atoms with Gasteiger partial charge in [-0.2, -0.15) is 0 Å². The first kappa shape index (κ1) is 22.3. The number of rotatable bonds is 12. The van der Waals surface area contributed by atoms with Crippen LogP contribution < -0.4 is 9.47 Å². The molecule has 0 radical (unpaired) electrons. The largest absolute Gasteiger partial charge is 0.490 e. The molecule has 0 saturated heterocycles. The van der Waals surface area contributed by atoms with Gasteiger partial charge in [0.25, 0.3) is 12.9 Å². The Morgan fingerprint density at radius 2 is 1.07 bits per heavy atom. The number of benzene rings is 2. The first-order valence-corrected chi connectivity index (χ1v) is 9.51. The summed E-state index contributed by atoms with van der Waals surface area (Å²) >= 11 is 0. The Labute approximate surface area is 171 Å². The maximum Gasteiger partial charge on any atom is 0.293 e. The molecule has 0 spiro atoms. The first-order chi connectivity index (χ1) is 13.9. The maximum absolute atomic E-state index is 10.3. The summed E-state index contributed by atoms with van der Waals surface area (Å²) < 4.78 is 20.9. The first-order valence-electron chi connectivity index (χ1n) is 9.51. The third kappa shape index (κ3) is 6.52. The quantitative estimate of drug-likeness (QED) is 0.504. The van der Waals surface area contributed by atoms with Gasteiger partial charge in [0, 0.05) is 5.41 Å². The molecule has 0 aliphatic carbocycles. The fourth-order valence-corrected chi connectivity index (χ4v) is 2.80. The van der Waals surface area contributed by atoms with E-state index in [1.807, 2.05) is 48.5 Å². The van der Waals surface area contributed by atoms with Gasteiger partial charge in [-0.1, -0.05) is 38.1 Å². The van der Waals surface area contributed by atoms with Gasteiger partial charge < -0.3 is 18.9 Å². The molecule has 2 rings (SSSR count). The van der Waals surface area contributed by atoms with Gasteiger partial charge in [-0.25, -0.2) is 0 Å². The zero-order chi connectivity index (χ0) is 21.3. The van der Waals surface area contributed by atoms with Crippen molar-refractivity contribution in [2.75, 3.05) is 13.2 Å². The third-order valence-electron chi connectivity index (χ3n) is 4.70. The van der Waals surface area contributed by atoms with Crippen LogP contribution in [0.25, 0.3) is 0 Å². The topological polar surface area (TPSA) is 71.1 Å². The Morgan fingerprint density at radius 3 is 1.38 bits per heavy atom. The Hall–Kier alpha value is -3.02. The molecule has 6 heteroatoms. The van der Waals surface area contributed by atoms with E-state index < -0.39 is 0 Å². The molecule has 2 unspecified atom stereocenters. The van der Waals surface area contributed by atoms with Crippen LogP contribution in [0.5, 0.6) is 11.5 Å². The number of hydrogen-bond donors (Lipinski definition) is 0. The van der Waals surface area contributed by atoms with Gasteiger partial charge in [0.1, 0.15) is 36.9 Å². The van der Waals surface area contributed by atoms with Crippen LogP contribution >= 0.6 is 0 Å². The summed E-state index contributed by atoms with van der Waals surface area (Å²) in [6.07, 6.45) is -0.588. The van der Waals surface area contributed by atoms with Gasteiger partial charge in [-0.3, -0.25) is 9.59 Å². The van der Waals surface area contributed by atoms with E-state index in [-0.39, 0.29) is 17.6 Å². The number of ether oxygens (including phenoxy) is 4. The monoisotopic (exact) mass is 400 g/mol. The normalized spacial score (nSPS) is 13.1. The maximum atomic E-state index is 10.3. The lowest BCUT2D eigenvalue weighted by Crippen LogP contribution is -2.20. The molecule has 0 heterocycles. The average molecular weight is 400 g/mol. The second-order valence-corrected chi connectivity index (χ2v) is 7.38. The molecule has 0 aliphatic heterocycles. The highest BCUT2D eigenvalue weighted by molar-refractivity contribution is 5.42. The average Bonchev–Trinajstić information content (AvgIpc) is 2.72. The van der Waals surface area contributed by atoms with Crippen molar-refractivity contribution in [2.45, 2.75) is 45.3 Å². The second kappa shape index (κ2) is 10.5. The van der Waals surface area contributed by atoms with Crippen molar-refractivity contribution in [3.63, 3.8) is 0 Å². The van der Waals surface area contributed by atoms with Crippen LogP contribution in [0, 0.1) is 0 Å². The molecule has 0 bridgehead atoms. The van der Waals surface area contributed by atoms with Crippen LogP contribution in [-0.4, -0.2) is 38.4 Å². The lowest BCUT2D eigenvalue weighted by Gasteiger charge is -2.26. The zero-order valence-electron chi connectivity index (χ0n) is 17.3. The summed E-state index contributed by atoms with van der Waals surface area (Å²) in [5.41, 5.74) is 2.08. The predicted molar refractivity (Wildman–Crippen MR) is 109 cm³/mol. The lowest BCUT2D eigenvalue weighted by atomic mass is 9.78. The van der Waals surface area contributed by atoms with Crippen molar-refractivity contribution in [3.05, 3.63) is 59.7 Å². The van der Waals surface area contributed by atoms with Gasteiger partial charge >= 0.3 is 0 Å². The smallest absolute Gasteiger partial charge is 0.293 e. The Kier molecular flexibility index (Phi) is 8.07. The van der Waals surface area contributed by atoms with Crippen molar-refractivity contribution in [1.29, 1.82) is 0 Å². The SMILES string of the molecule is CC(COc1ccc(C(C)(C)c2ccc(OCC(C)OC=O)cc2)cc1)OC=O.